The maximum absolute atomic E-state index is 14.6. The molecule has 6 nitrogen and oxygen atoms in total. The molecule has 1 aromatic heterocycles. The number of fused-ring (bicyclic) bond motifs is 1. The van der Waals surface area contributed by atoms with E-state index in [2.05, 4.69) is 15.4 Å². The number of hydrogen-bond donors (Lipinski definition) is 1. The Kier molecular flexibility index (Phi) is 3.96. The van der Waals surface area contributed by atoms with Gasteiger partial charge in [0.25, 0.3) is 0 Å². The molecule has 0 bridgehead atoms. The molecule has 3 aromatic rings. The van der Waals surface area contributed by atoms with E-state index in [0.29, 0.717) is 17.2 Å². The lowest BCUT2D eigenvalue weighted by molar-refractivity contribution is -0.136. The van der Waals surface area contributed by atoms with Crippen LogP contribution < -0.4 is 5.32 Å². The molecule has 4 rings (SSSR count). The van der Waals surface area contributed by atoms with Crippen molar-refractivity contribution in [2.45, 2.75) is 6.04 Å². The van der Waals surface area contributed by atoms with Crippen LogP contribution in [0.25, 0.3) is 5.70 Å². The van der Waals surface area contributed by atoms with Gasteiger partial charge in [-0.3, -0.25) is 0 Å². The number of rotatable bonds is 3. The Morgan fingerprint density at radius 2 is 1.88 bits per heavy atom. The molecular weight excluding hydrogens is 335 g/mol. The van der Waals surface area contributed by atoms with Gasteiger partial charge >= 0.3 is 5.97 Å². The highest BCUT2D eigenvalue weighted by atomic mass is 19.1. The Balaban J connectivity index is 2.01. The number of esters is 1. The topological polar surface area (TPSA) is 69.0 Å². The van der Waals surface area contributed by atoms with Crippen LogP contribution in [0.5, 0.6) is 0 Å². The summed E-state index contributed by atoms with van der Waals surface area (Å²) < 4.78 is 21.1. The van der Waals surface area contributed by atoms with E-state index >= 15 is 0 Å². The molecule has 0 amide bonds. The lowest BCUT2D eigenvalue weighted by Gasteiger charge is -2.29. The van der Waals surface area contributed by atoms with E-state index in [1.807, 2.05) is 30.3 Å². The SMILES string of the molecule is COC(=O)C1=C(c2ccccc2)Nc2ncnn2C1c1ccccc1F. The molecule has 0 saturated heterocycles. The summed E-state index contributed by atoms with van der Waals surface area (Å²) in [5, 5.41) is 7.31. The van der Waals surface area contributed by atoms with Crippen molar-refractivity contribution in [1.82, 2.24) is 14.8 Å². The van der Waals surface area contributed by atoms with Gasteiger partial charge in [-0.05, 0) is 11.6 Å². The average Bonchev–Trinajstić information content (AvgIpc) is 3.15. The fourth-order valence-corrected chi connectivity index (χ4v) is 3.11. The molecule has 0 spiro atoms. The van der Waals surface area contributed by atoms with Crippen molar-refractivity contribution in [3.63, 3.8) is 0 Å². The van der Waals surface area contributed by atoms with Crippen LogP contribution in [-0.2, 0) is 9.53 Å². The largest absolute Gasteiger partial charge is 0.466 e. The molecule has 26 heavy (non-hydrogen) atoms. The molecule has 1 N–H and O–H groups in total. The summed E-state index contributed by atoms with van der Waals surface area (Å²) in [5.74, 6) is -0.579. The second-order valence-electron chi connectivity index (χ2n) is 5.72. The summed E-state index contributed by atoms with van der Waals surface area (Å²) in [7, 11) is 1.30. The zero-order valence-corrected chi connectivity index (χ0v) is 13.9. The van der Waals surface area contributed by atoms with E-state index < -0.39 is 17.8 Å². The minimum atomic E-state index is -0.794. The number of halogens is 1. The predicted octanol–water partition coefficient (Wildman–Crippen LogP) is 3.02. The molecule has 1 atom stereocenters. The van der Waals surface area contributed by atoms with E-state index in [0.717, 1.165) is 5.56 Å². The summed E-state index contributed by atoms with van der Waals surface area (Å²) in [6.07, 6.45) is 1.36. The number of carbonyl (C=O) groups is 1. The lowest BCUT2D eigenvalue weighted by Crippen LogP contribution is -2.30. The quantitative estimate of drug-likeness (QED) is 0.736. The summed E-state index contributed by atoms with van der Waals surface area (Å²) in [5.41, 5.74) is 1.87. The van der Waals surface area contributed by atoms with E-state index in [-0.39, 0.29) is 5.57 Å². The van der Waals surface area contributed by atoms with E-state index in [1.165, 1.54) is 24.2 Å². The van der Waals surface area contributed by atoms with Crippen molar-refractivity contribution in [3.05, 3.63) is 83.4 Å². The summed E-state index contributed by atoms with van der Waals surface area (Å²) in [6.45, 7) is 0. The van der Waals surface area contributed by atoms with Gasteiger partial charge in [0.2, 0.25) is 5.95 Å². The van der Waals surface area contributed by atoms with Gasteiger partial charge in [-0.1, -0.05) is 48.5 Å². The molecule has 0 aliphatic carbocycles. The molecular formula is C19H15FN4O2. The number of nitrogens with zero attached hydrogens (tertiary/aromatic N) is 3. The Labute approximate surface area is 148 Å². The Hall–Kier alpha value is -3.48. The highest BCUT2D eigenvalue weighted by Gasteiger charge is 2.37. The van der Waals surface area contributed by atoms with E-state index in [4.69, 9.17) is 4.74 Å². The first-order valence-corrected chi connectivity index (χ1v) is 7.99. The number of hydrogen-bond acceptors (Lipinski definition) is 5. The van der Waals surface area contributed by atoms with Crippen molar-refractivity contribution >= 4 is 17.6 Å². The molecule has 1 unspecified atom stereocenters. The Morgan fingerprint density at radius 3 is 2.62 bits per heavy atom. The number of aromatic nitrogens is 3. The summed E-state index contributed by atoms with van der Waals surface area (Å²) in [6, 6.07) is 14.8. The number of anilines is 1. The van der Waals surface area contributed by atoms with Crippen molar-refractivity contribution in [2.75, 3.05) is 12.4 Å². The van der Waals surface area contributed by atoms with Gasteiger partial charge in [0.1, 0.15) is 18.2 Å². The number of ether oxygens (including phenoxy) is 1. The van der Waals surface area contributed by atoms with Gasteiger partial charge in [-0.2, -0.15) is 10.1 Å². The molecule has 0 fully saturated rings. The zero-order valence-electron chi connectivity index (χ0n) is 13.9. The van der Waals surface area contributed by atoms with Crippen LogP contribution in [0.15, 0.2) is 66.5 Å². The number of carbonyl (C=O) groups excluding carboxylic acids is 1. The fraction of sp³-hybridized carbons (Fsp3) is 0.105. The van der Waals surface area contributed by atoms with Crippen molar-refractivity contribution in [1.29, 1.82) is 0 Å². The van der Waals surface area contributed by atoms with Crippen LogP contribution in [0, 0.1) is 5.82 Å². The normalized spacial score (nSPS) is 16.0. The first-order valence-electron chi connectivity index (χ1n) is 7.99. The molecule has 2 aromatic carbocycles. The van der Waals surface area contributed by atoms with Crippen molar-refractivity contribution in [3.8, 4) is 0 Å². The highest BCUT2D eigenvalue weighted by Crippen LogP contribution is 2.39. The first-order chi connectivity index (χ1) is 12.7. The summed E-state index contributed by atoms with van der Waals surface area (Å²) >= 11 is 0. The number of methoxy groups -OCH3 is 1. The minimum Gasteiger partial charge on any atom is -0.466 e. The third kappa shape index (κ3) is 2.54. The molecule has 1 aliphatic heterocycles. The van der Waals surface area contributed by atoms with E-state index in [1.54, 1.807) is 18.2 Å². The fourth-order valence-electron chi connectivity index (χ4n) is 3.11. The molecule has 0 saturated carbocycles. The van der Waals surface area contributed by atoms with Crippen molar-refractivity contribution in [2.24, 2.45) is 0 Å². The molecule has 130 valence electrons. The van der Waals surface area contributed by atoms with Crippen LogP contribution >= 0.6 is 0 Å². The minimum absolute atomic E-state index is 0.266. The lowest BCUT2D eigenvalue weighted by atomic mass is 9.92. The molecule has 7 heteroatoms. The second-order valence-corrected chi connectivity index (χ2v) is 5.72. The third-order valence-corrected chi connectivity index (χ3v) is 4.26. The van der Waals surface area contributed by atoms with Crippen LogP contribution in [-0.4, -0.2) is 27.8 Å². The maximum Gasteiger partial charge on any atom is 0.338 e. The Bertz CT molecular complexity index is 998. The second kappa shape index (κ2) is 6.44. The monoisotopic (exact) mass is 350 g/mol. The van der Waals surface area contributed by atoms with Gasteiger partial charge in [-0.25, -0.2) is 13.9 Å². The smallest absolute Gasteiger partial charge is 0.338 e. The average molecular weight is 350 g/mol. The molecule has 1 aliphatic rings. The zero-order chi connectivity index (χ0) is 18.1. The molecule has 2 heterocycles. The van der Waals surface area contributed by atoms with Gasteiger partial charge < -0.3 is 10.1 Å². The predicted molar refractivity (Wildman–Crippen MR) is 93.6 cm³/mol. The number of benzene rings is 2. The number of nitrogens with one attached hydrogen (secondary N) is 1. The van der Waals surface area contributed by atoms with E-state index in [9.17, 15) is 9.18 Å². The van der Waals surface area contributed by atoms with Crippen LogP contribution in [0.4, 0.5) is 10.3 Å². The van der Waals surface area contributed by atoms with Gasteiger partial charge in [0.15, 0.2) is 0 Å². The summed E-state index contributed by atoms with van der Waals surface area (Å²) in [4.78, 5) is 16.9. The molecule has 0 radical (unpaired) electrons. The van der Waals surface area contributed by atoms with Gasteiger partial charge in [-0.15, -0.1) is 0 Å². The van der Waals surface area contributed by atoms with Crippen LogP contribution in [0.3, 0.4) is 0 Å². The maximum atomic E-state index is 14.6. The van der Waals surface area contributed by atoms with Gasteiger partial charge in [0, 0.05) is 5.56 Å². The standard InChI is InChI=1S/C19H15FN4O2/c1-26-18(25)15-16(12-7-3-2-4-8-12)23-19-21-11-22-24(19)17(15)13-9-5-6-10-14(13)20/h2-11,17H,1H3,(H,21,22,23). The highest BCUT2D eigenvalue weighted by molar-refractivity contribution is 6.02. The van der Waals surface area contributed by atoms with Crippen LogP contribution in [0.2, 0.25) is 0 Å². The first kappa shape index (κ1) is 16.0. The van der Waals surface area contributed by atoms with Crippen molar-refractivity contribution < 1.29 is 13.9 Å². The third-order valence-electron chi connectivity index (χ3n) is 4.26. The van der Waals surface area contributed by atoms with Gasteiger partial charge in [0.05, 0.1) is 18.4 Å². The Morgan fingerprint density at radius 1 is 1.15 bits per heavy atom. The van der Waals surface area contributed by atoms with Crippen LogP contribution in [0.1, 0.15) is 17.2 Å².